The van der Waals surface area contributed by atoms with Gasteiger partial charge in [0.25, 0.3) is 0 Å². The number of hydrogen-bond acceptors (Lipinski definition) is 4. The molecule has 1 unspecified atom stereocenters. The van der Waals surface area contributed by atoms with Crippen molar-refractivity contribution in [3.8, 4) is 0 Å². The van der Waals surface area contributed by atoms with Crippen molar-refractivity contribution in [3.63, 3.8) is 0 Å². The van der Waals surface area contributed by atoms with Crippen LogP contribution in [-0.2, 0) is 22.4 Å². The average Bonchev–Trinajstić information content (AvgIpc) is 3.32. The molecule has 0 radical (unpaired) electrons. The second-order valence-electron chi connectivity index (χ2n) is 8.38. The topological polar surface area (TPSA) is 70.6 Å². The fourth-order valence-corrected chi connectivity index (χ4v) is 5.17. The van der Waals surface area contributed by atoms with Gasteiger partial charge < -0.3 is 10.6 Å². The molecule has 4 aromatic rings. The van der Waals surface area contributed by atoms with Gasteiger partial charge in [-0.25, -0.2) is 0 Å². The molecule has 36 heavy (non-hydrogen) atoms. The number of benzodiazepines with no additional fused rings is 1. The van der Waals surface area contributed by atoms with Crippen molar-refractivity contribution in [2.24, 2.45) is 4.99 Å². The lowest BCUT2D eigenvalue weighted by molar-refractivity contribution is -0.117. The van der Waals surface area contributed by atoms with Crippen LogP contribution in [0.3, 0.4) is 0 Å². The smallest absolute Gasteiger partial charge is 0.249 e. The molecule has 0 saturated carbocycles. The van der Waals surface area contributed by atoms with Crippen LogP contribution in [0.5, 0.6) is 0 Å². The third kappa shape index (κ3) is 5.75. The number of carbonyl (C=O) groups is 2. The van der Waals surface area contributed by atoms with Crippen LogP contribution in [0.1, 0.15) is 21.6 Å². The molecule has 5 nitrogen and oxygen atoms in total. The number of halogens is 2. The predicted molar refractivity (Wildman–Crippen MR) is 150 cm³/mol. The molecule has 0 bridgehead atoms. The number of hydrogen-bond donors (Lipinski definition) is 2. The van der Waals surface area contributed by atoms with Gasteiger partial charge in [0.1, 0.15) is 6.04 Å². The second-order valence-corrected chi connectivity index (χ2v) is 10.8. The van der Waals surface area contributed by atoms with Crippen molar-refractivity contribution in [1.82, 2.24) is 0 Å². The minimum absolute atomic E-state index is 0.0682. The Morgan fingerprint density at radius 2 is 1.83 bits per heavy atom. The van der Waals surface area contributed by atoms with E-state index in [0.29, 0.717) is 35.0 Å². The minimum Gasteiger partial charge on any atom is -0.326 e. The Balaban J connectivity index is 1.44. The Hall–Kier alpha value is -3.26. The Bertz CT molecular complexity index is 1430. The summed E-state index contributed by atoms with van der Waals surface area (Å²) in [5.41, 5.74) is 4.66. The molecular weight excluding hydrogens is 558 g/mol. The average molecular weight is 579 g/mol. The zero-order valence-corrected chi connectivity index (χ0v) is 22.2. The highest BCUT2D eigenvalue weighted by atomic mass is 79.9. The van der Waals surface area contributed by atoms with Gasteiger partial charge >= 0.3 is 0 Å². The molecule has 1 atom stereocenters. The SMILES string of the molecule is O=C(Cc1cccs1)Nc1ccc(C2=NC(Cc3ccc(Br)cc3)C(=O)Nc3cc(Cl)ccc32)cc1. The first-order chi connectivity index (χ1) is 17.4. The Morgan fingerprint density at radius 1 is 1.06 bits per heavy atom. The van der Waals surface area contributed by atoms with E-state index < -0.39 is 6.04 Å². The molecule has 2 N–H and O–H groups in total. The third-order valence-electron chi connectivity index (χ3n) is 5.78. The summed E-state index contributed by atoms with van der Waals surface area (Å²) in [7, 11) is 0. The summed E-state index contributed by atoms with van der Waals surface area (Å²) in [4.78, 5) is 31.5. The van der Waals surface area contributed by atoms with Crippen molar-refractivity contribution in [2.75, 3.05) is 10.6 Å². The standard InChI is InChI=1S/C28H21BrClN3O2S/c29-19-7-3-17(4-8-19)14-25-28(35)33-24-15-20(30)9-12-23(24)27(32-25)18-5-10-21(11-6-18)31-26(34)16-22-2-1-13-36-22/h1-13,15,25H,14,16H2,(H,31,34)(H,33,35). The molecule has 1 aliphatic heterocycles. The van der Waals surface area contributed by atoms with Crippen molar-refractivity contribution < 1.29 is 9.59 Å². The lowest BCUT2D eigenvalue weighted by atomic mass is 10.00. The van der Waals surface area contributed by atoms with Gasteiger partial charge in [-0.3, -0.25) is 14.6 Å². The van der Waals surface area contributed by atoms with Crippen molar-refractivity contribution in [2.45, 2.75) is 18.9 Å². The highest BCUT2D eigenvalue weighted by Crippen LogP contribution is 2.29. The van der Waals surface area contributed by atoms with Crippen LogP contribution in [0, 0.1) is 0 Å². The molecule has 1 aliphatic rings. The maximum Gasteiger partial charge on any atom is 0.249 e. The van der Waals surface area contributed by atoms with Crippen LogP contribution in [-0.4, -0.2) is 23.6 Å². The van der Waals surface area contributed by atoms with E-state index in [0.717, 1.165) is 26.0 Å². The number of fused-ring (bicyclic) bond motifs is 1. The van der Waals surface area contributed by atoms with Crippen LogP contribution in [0.4, 0.5) is 11.4 Å². The summed E-state index contributed by atoms with van der Waals surface area (Å²) in [6.07, 6.45) is 0.799. The lowest BCUT2D eigenvalue weighted by Gasteiger charge is -2.12. The summed E-state index contributed by atoms with van der Waals surface area (Å²) in [6.45, 7) is 0. The summed E-state index contributed by atoms with van der Waals surface area (Å²) in [6, 6.07) is 24.1. The maximum atomic E-state index is 13.1. The molecule has 0 spiro atoms. The number of nitrogens with one attached hydrogen (secondary N) is 2. The van der Waals surface area contributed by atoms with Gasteiger partial charge in [0, 0.05) is 37.6 Å². The highest BCUT2D eigenvalue weighted by Gasteiger charge is 2.26. The zero-order chi connectivity index (χ0) is 25.1. The van der Waals surface area contributed by atoms with Crippen LogP contribution < -0.4 is 10.6 Å². The van der Waals surface area contributed by atoms with Crippen LogP contribution in [0.25, 0.3) is 0 Å². The molecule has 2 amide bonds. The number of rotatable bonds is 6. The summed E-state index contributed by atoms with van der Waals surface area (Å²) in [5, 5.41) is 8.43. The molecule has 180 valence electrons. The summed E-state index contributed by atoms with van der Waals surface area (Å²) >= 11 is 11.2. The second kappa shape index (κ2) is 10.8. The molecule has 0 saturated heterocycles. The van der Waals surface area contributed by atoms with E-state index in [-0.39, 0.29) is 11.8 Å². The van der Waals surface area contributed by atoms with Gasteiger partial charge in [-0.05, 0) is 59.5 Å². The number of anilines is 2. The van der Waals surface area contributed by atoms with Crippen LogP contribution in [0.2, 0.25) is 5.02 Å². The lowest BCUT2D eigenvalue weighted by Crippen LogP contribution is -2.27. The van der Waals surface area contributed by atoms with E-state index in [1.54, 1.807) is 23.5 Å². The minimum atomic E-state index is -0.613. The van der Waals surface area contributed by atoms with Crippen LogP contribution in [0.15, 0.2) is 93.7 Å². The van der Waals surface area contributed by atoms with E-state index >= 15 is 0 Å². The largest absolute Gasteiger partial charge is 0.326 e. The monoisotopic (exact) mass is 577 g/mol. The van der Waals surface area contributed by atoms with E-state index in [9.17, 15) is 9.59 Å². The Labute approximate surface area is 226 Å². The normalized spacial score (nSPS) is 14.9. The maximum absolute atomic E-state index is 13.1. The summed E-state index contributed by atoms with van der Waals surface area (Å²) in [5.74, 6) is -0.254. The number of aliphatic imine (C=N–C) groups is 1. The van der Waals surface area contributed by atoms with E-state index in [1.165, 1.54) is 0 Å². The molecule has 3 aromatic carbocycles. The van der Waals surface area contributed by atoms with Crippen LogP contribution >= 0.6 is 38.9 Å². The number of nitrogens with zero attached hydrogens (tertiary/aromatic N) is 1. The van der Waals surface area contributed by atoms with Crippen molar-refractivity contribution in [1.29, 1.82) is 0 Å². The fourth-order valence-electron chi connectivity index (χ4n) is 4.03. The molecule has 2 heterocycles. The van der Waals surface area contributed by atoms with Gasteiger partial charge in [-0.15, -0.1) is 11.3 Å². The predicted octanol–water partition coefficient (Wildman–Crippen LogP) is 6.75. The molecule has 5 rings (SSSR count). The number of benzene rings is 3. The molecule has 0 fully saturated rings. The van der Waals surface area contributed by atoms with Gasteiger partial charge in [0.2, 0.25) is 11.8 Å². The Kier molecular flexibility index (Phi) is 7.32. The van der Waals surface area contributed by atoms with Gasteiger partial charge in [0.15, 0.2) is 0 Å². The van der Waals surface area contributed by atoms with Gasteiger partial charge in [0.05, 0.1) is 17.8 Å². The van der Waals surface area contributed by atoms with Crippen molar-refractivity contribution >= 4 is 67.8 Å². The third-order valence-corrected chi connectivity index (χ3v) is 7.42. The fraction of sp³-hybridized carbons (Fsp3) is 0.107. The quantitative estimate of drug-likeness (QED) is 0.266. The number of carbonyl (C=O) groups excluding carboxylic acids is 2. The molecule has 1 aromatic heterocycles. The first-order valence-electron chi connectivity index (χ1n) is 11.3. The van der Waals surface area contributed by atoms with E-state index in [1.807, 2.05) is 72.1 Å². The number of thiophene rings is 1. The Morgan fingerprint density at radius 3 is 2.56 bits per heavy atom. The van der Waals surface area contributed by atoms with Crippen molar-refractivity contribution in [3.05, 3.63) is 115 Å². The first-order valence-corrected chi connectivity index (χ1v) is 13.4. The number of amides is 2. The zero-order valence-electron chi connectivity index (χ0n) is 19.0. The van der Waals surface area contributed by atoms with Gasteiger partial charge in [-0.2, -0.15) is 0 Å². The first kappa shape index (κ1) is 24.4. The van der Waals surface area contributed by atoms with E-state index in [4.69, 9.17) is 16.6 Å². The molecular formula is C28H21BrClN3O2S. The van der Waals surface area contributed by atoms with E-state index in [2.05, 4.69) is 26.6 Å². The molecule has 0 aliphatic carbocycles. The van der Waals surface area contributed by atoms with Gasteiger partial charge in [-0.1, -0.05) is 57.9 Å². The highest BCUT2D eigenvalue weighted by molar-refractivity contribution is 9.10. The summed E-state index contributed by atoms with van der Waals surface area (Å²) < 4.78 is 0.977. The molecule has 8 heteroatoms.